The van der Waals surface area contributed by atoms with Crippen LogP contribution in [0.1, 0.15) is 16.8 Å². The number of anilines is 1. The minimum atomic E-state index is -0.444. The Hall–Kier alpha value is -2.70. The monoisotopic (exact) mass is 415 g/mol. The first-order valence-electron chi connectivity index (χ1n) is 8.59. The van der Waals surface area contributed by atoms with E-state index in [1.165, 1.54) is 28.5 Å². The zero-order valence-corrected chi connectivity index (χ0v) is 17.0. The third kappa shape index (κ3) is 3.93. The van der Waals surface area contributed by atoms with Gasteiger partial charge in [0.25, 0.3) is 0 Å². The Morgan fingerprint density at radius 2 is 1.96 bits per heavy atom. The number of rotatable bonds is 4. The highest BCUT2D eigenvalue weighted by molar-refractivity contribution is 7.15. The summed E-state index contributed by atoms with van der Waals surface area (Å²) in [7, 11) is 0. The zero-order chi connectivity index (χ0) is 19.0. The fourth-order valence-electron chi connectivity index (χ4n) is 2.92. The van der Waals surface area contributed by atoms with Crippen molar-refractivity contribution in [2.45, 2.75) is 20.3 Å². The molecule has 4 aromatic rings. The maximum absolute atomic E-state index is 13.7. The first kappa shape index (κ1) is 20.0. The molecule has 0 fully saturated rings. The number of amides is 1. The Morgan fingerprint density at radius 1 is 1.18 bits per heavy atom. The van der Waals surface area contributed by atoms with E-state index in [4.69, 9.17) is 0 Å². The second-order valence-electron chi connectivity index (χ2n) is 6.51. The standard InChI is InChI=1S/C21H18FN3OS.ClH/c1-13-7-8-15(9-14(13)2)19-11-25-16(12-27-21(25)24-19)10-20(26)23-18-6-4-3-5-17(18)22;/h3-9,11-12H,10H2,1-2H3,(H,23,26);1H. The molecule has 0 unspecified atom stereocenters. The summed E-state index contributed by atoms with van der Waals surface area (Å²) in [4.78, 5) is 17.8. The fraction of sp³-hybridized carbons (Fsp3) is 0.143. The van der Waals surface area contributed by atoms with Crippen molar-refractivity contribution in [3.63, 3.8) is 0 Å². The molecule has 0 saturated carbocycles. The molecule has 0 radical (unpaired) electrons. The Balaban J connectivity index is 0.00000225. The second-order valence-corrected chi connectivity index (χ2v) is 7.35. The van der Waals surface area contributed by atoms with Crippen molar-refractivity contribution in [1.29, 1.82) is 0 Å². The Bertz CT molecular complexity index is 1150. The molecule has 2 aromatic heterocycles. The molecule has 4 rings (SSSR count). The first-order valence-corrected chi connectivity index (χ1v) is 9.47. The number of thiazole rings is 1. The van der Waals surface area contributed by atoms with E-state index < -0.39 is 5.82 Å². The third-order valence-electron chi connectivity index (χ3n) is 4.58. The van der Waals surface area contributed by atoms with Crippen molar-refractivity contribution in [3.8, 4) is 11.3 Å². The van der Waals surface area contributed by atoms with Crippen LogP contribution in [0.4, 0.5) is 10.1 Å². The van der Waals surface area contributed by atoms with Gasteiger partial charge in [-0.15, -0.1) is 23.7 Å². The molecule has 0 aliphatic heterocycles. The van der Waals surface area contributed by atoms with E-state index in [0.717, 1.165) is 21.9 Å². The molecule has 0 atom stereocenters. The number of imidazole rings is 1. The van der Waals surface area contributed by atoms with E-state index in [1.807, 2.05) is 16.0 Å². The Kier molecular flexibility index (Phi) is 5.82. The minimum Gasteiger partial charge on any atom is -0.323 e. The average Bonchev–Trinajstić information content (AvgIpc) is 3.21. The largest absolute Gasteiger partial charge is 0.323 e. The van der Waals surface area contributed by atoms with Crippen LogP contribution in [-0.4, -0.2) is 15.3 Å². The number of aryl methyl sites for hydroxylation is 2. The van der Waals surface area contributed by atoms with Crippen LogP contribution in [-0.2, 0) is 11.2 Å². The summed E-state index contributed by atoms with van der Waals surface area (Å²) in [6.07, 6.45) is 2.10. The Labute approximate surface area is 172 Å². The van der Waals surface area contributed by atoms with Gasteiger partial charge < -0.3 is 5.32 Å². The SMILES string of the molecule is Cc1ccc(-c2cn3c(CC(=O)Nc4ccccc4F)csc3n2)cc1C.Cl. The molecule has 7 heteroatoms. The molecule has 4 nitrogen and oxygen atoms in total. The normalized spacial score (nSPS) is 10.7. The van der Waals surface area contributed by atoms with Gasteiger partial charge >= 0.3 is 0 Å². The van der Waals surface area contributed by atoms with Gasteiger partial charge in [0, 0.05) is 22.8 Å². The van der Waals surface area contributed by atoms with E-state index >= 15 is 0 Å². The molecule has 0 aliphatic carbocycles. The minimum absolute atomic E-state index is 0. The highest BCUT2D eigenvalue weighted by Crippen LogP contribution is 2.25. The van der Waals surface area contributed by atoms with Crippen molar-refractivity contribution in [3.05, 3.63) is 76.7 Å². The van der Waals surface area contributed by atoms with Gasteiger partial charge in [-0.05, 0) is 43.2 Å². The van der Waals surface area contributed by atoms with Crippen LogP contribution in [0.5, 0.6) is 0 Å². The van der Waals surface area contributed by atoms with Gasteiger partial charge in [0.2, 0.25) is 5.91 Å². The summed E-state index contributed by atoms with van der Waals surface area (Å²) < 4.78 is 15.6. The predicted molar refractivity (Wildman–Crippen MR) is 114 cm³/mol. The topological polar surface area (TPSA) is 46.4 Å². The molecule has 2 aromatic carbocycles. The number of benzene rings is 2. The maximum Gasteiger partial charge on any atom is 0.230 e. The maximum atomic E-state index is 13.7. The lowest BCUT2D eigenvalue weighted by atomic mass is 10.0. The van der Waals surface area contributed by atoms with Gasteiger partial charge in [-0.25, -0.2) is 9.37 Å². The van der Waals surface area contributed by atoms with Gasteiger partial charge in [0.05, 0.1) is 17.8 Å². The fourth-order valence-corrected chi connectivity index (χ4v) is 3.79. The molecule has 2 heterocycles. The van der Waals surface area contributed by atoms with E-state index in [2.05, 4.69) is 42.3 Å². The number of nitrogens with one attached hydrogen (secondary N) is 1. The number of hydrogen-bond donors (Lipinski definition) is 1. The number of carbonyl (C=O) groups is 1. The molecule has 1 amide bonds. The summed E-state index contributed by atoms with van der Waals surface area (Å²) >= 11 is 1.49. The van der Waals surface area contributed by atoms with Crippen molar-refractivity contribution in [2.24, 2.45) is 0 Å². The van der Waals surface area contributed by atoms with Gasteiger partial charge in [-0.2, -0.15) is 0 Å². The number of hydrogen-bond acceptors (Lipinski definition) is 3. The summed E-state index contributed by atoms with van der Waals surface area (Å²) in [5.74, 6) is -0.706. The van der Waals surface area contributed by atoms with Crippen LogP contribution in [0.3, 0.4) is 0 Å². The van der Waals surface area contributed by atoms with Gasteiger partial charge in [0.15, 0.2) is 4.96 Å². The van der Waals surface area contributed by atoms with Crippen LogP contribution < -0.4 is 5.32 Å². The third-order valence-corrected chi connectivity index (χ3v) is 5.46. The zero-order valence-electron chi connectivity index (χ0n) is 15.4. The predicted octanol–water partition coefficient (Wildman–Crippen LogP) is 5.42. The van der Waals surface area contributed by atoms with Gasteiger partial charge in [-0.1, -0.05) is 24.3 Å². The summed E-state index contributed by atoms with van der Waals surface area (Å²) in [5.41, 5.74) is 5.40. The van der Waals surface area contributed by atoms with Crippen LogP contribution in [0.25, 0.3) is 16.2 Å². The van der Waals surface area contributed by atoms with E-state index in [-0.39, 0.29) is 30.4 Å². The van der Waals surface area contributed by atoms with Gasteiger partial charge in [-0.3, -0.25) is 9.20 Å². The smallest absolute Gasteiger partial charge is 0.230 e. The van der Waals surface area contributed by atoms with E-state index in [1.54, 1.807) is 18.2 Å². The van der Waals surface area contributed by atoms with Crippen molar-refractivity contribution in [2.75, 3.05) is 5.32 Å². The number of carbonyl (C=O) groups excluding carboxylic acids is 1. The molecule has 1 N–H and O–H groups in total. The summed E-state index contributed by atoms with van der Waals surface area (Å²) in [6, 6.07) is 12.4. The highest BCUT2D eigenvalue weighted by atomic mass is 35.5. The first-order chi connectivity index (χ1) is 13.0. The molecule has 144 valence electrons. The number of halogens is 2. The lowest BCUT2D eigenvalue weighted by molar-refractivity contribution is -0.115. The van der Waals surface area contributed by atoms with E-state index in [9.17, 15) is 9.18 Å². The van der Waals surface area contributed by atoms with Crippen molar-refractivity contribution >= 4 is 40.3 Å². The van der Waals surface area contributed by atoms with E-state index in [0.29, 0.717) is 0 Å². The molecular formula is C21H19ClFN3OS. The number of fused-ring (bicyclic) bond motifs is 1. The summed E-state index contributed by atoms with van der Waals surface area (Å²) in [6.45, 7) is 4.16. The Morgan fingerprint density at radius 3 is 2.71 bits per heavy atom. The second kappa shape index (κ2) is 8.12. The summed E-state index contributed by atoms with van der Waals surface area (Å²) in [5, 5.41) is 4.53. The van der Waals surface area contributed by atoms with Crippen LogP contribution in [0.2, 0.25) is 0 Å². The number of aromatic nitrogens is 2. The molecule has 28 heavy (non-hydrogen) atoms. The number of para-hydroxylation sites is 1. The van der Waals surface area contributed by atoms with Crippen molar-refractivity contribution in [1.82, 2.24) is 9.38 Å². The molecule has 0 spiro atoms. The molecular weight excluding hydrogens is 397 g/mol. The quantitative estimate of drug-likeness (QED) is 0.483. The van der Waals surface area contributed by atoms with Crippen LogP contribution in [0.15, 0.2) is 54.0 Å². The highest BCUT2D eigenvalue weighted by Gasteiger charge is 2.14. The lowest BCUT2D eigenvalue weighted by Crippen LogP contribution is -2.16. The van der Waals surface area contributed by atoms with Gasteiger partial charge in [0.1, 0.15) is 5.82 Å². The van der Waals surface area contributed by atoms with Crippen molar-refractivity contribution < 1.29 is 9.18 Å². The average molecular weight is 416 g/mol. The lowest BCUT2D eigenvalue weighted by Gasteiger charge is -2.05. The van der Waals surface area contributed by atoms with Crippen LogP contribution in [0, 0.1) is 19.7 Å². The molecule has 0 aliphatic rings. The van der Waals surface area contributed by atoms with Crippen LogP contribution >= 0.6 is 23.7 Å². The molecule has 0 saturated heterocycles. The molecule has 0 bridgehead atoms. The number of nitrogens with zero attached hydrogens (tertiary/aromatic N) is 2.